The Balaban J connectivity index is 2.33. The lowest BCUT2D eigenvalue weighted by Gasteiger charge is -2.05. The minimum atomic E-state index is -3.94. The normalized spacial score (nSPS) is 11.2. The molecule has 106 valence electrons. The second-order valence-electron chi connectivity index (χ2n) is 3.56. The number of aromatic carboxylic acids is 1. The van der Waals surface area contributed by atoms with E-state index < -0.39 is 21.9 Å². The lowest BCUT2D eigenvalue weighted by atomic mass is 10.3. The van der Waals surface area contributed by atoms with Gasteiger partial charge in [-0.15, -0.1) is 22.7 Å². The van der Waals surface area contributed by atoms with Gasteiger partial charge in [0.2, 0.25) is 0 Å². The van der Waals surface area contributed by atoms with Crippen LogP contribution in [0.3, 0.4) is 0 Å². The van der Waals surface area contributed by atoms with Crippen molar-refractivity contribution in [3.05, 3.63) is 34.0 Å². The summed E-state index contributed by atoms with van der Waals surface area (Å²) in [6.07, 6.45) is 0. The molecule has 0 saturated carbocycles. The van der Waals surface area contributed by atoms with E-state index in [2.05, 4.69) is 4.72 Å². The van der Waals surface area contributed by atoms with Crippen LogP contribution in [0.5, 0.6) is 0 Å². The molecule has 4 N–H and O–H groups in total. The minimum Gasteiger partial charge on any atom is -0.477 e. The Morgan fingerprint density at radius 1 is 1.25 bits per heavy atom. The highest BCUT2D eigenvalue weighted by molar-refractivity contribution is 7.94. The van der Waals surface area contributed by atoms with Crippen LogP contribution in [0.2, 0.25) is 0 Å². The van der Waals surface area contributed by atoms with Gasteiger partial charge in [0.15, 0.2) is 0 Å². The van der Waals surface area contributed by atoms with Crippen molar-refractivity contribution < 1.29 is 23.1 Å². The lowest BCUT2D eigenvalue weighted by molar-refractivity contribution is 0.0702. The standard InChI is InChI=1S/C10H8N2O5S3/c11-8(13)5-3-4-18-9(5)12-20(16,17)7-2-1-6(19-7)10(14)15/h1-4,12H,(H2,11,13)(H,14,15). The van der Waals surface area contributed by atoms with Gasteiger partial charge in [-0.2, -0.15) is 0 Å². The number of rotatable bonds is 5. The van der Waals surface area contributed by atoms with E-state index in [1.54, 1.807) is 0 Å². The molecule has 0 unspecified atom stereocenters. The SMILES string of the molecule is NC(=O)c1ccsc1NS(=O)(=O)c1ccc(C(=O)O)s1. The van der Waals surface area contributed by atoms with Crippen LogP contribution < -0.4 is 10.5 Å². The summed E-state index contributed by atoms with van der Waals surface area (Å²) in [5.74, 6) is -1.95. The van der Waals surface area contributed by atoms with E-state index in [0.29, 0.717) is 11.3 Å². The zero-order valence-corrected chi connectivity index (χ0v) is 12.1. The van der Waals surface area contributed by atoms with E-state index in [-0.39, 0.29) is 19.7 Å². The molecule has 0 bridgehead atoms. The summed E-state index contributed by atoms with van der Waals surface area (Å²) in [6.45, 7) is 0. The van der Waals surface area contributed by atoms with Crippen LogP contribution in [0.25, 0.3) is 0 Å². The third kappa shape index (κ3) is 2.81. The number of thiophene rings is 2. The molecular weight excluding hydrogens is 324 g/mol. The molecule has 1 amide bonds. The number of sulfonamides is 1. The predicted octanol–water partition coefficient (Wildman–Crippen LogP) is 1.41. The zero-order valence-electron chi connectivity index (χ0n) is 9.69. The fourth-order valence-electron chi connectivity index (χ4n) is 1.33. The van der Waals surface area contributed by atoms with Gasteiger partial charge in [-0.3, -0.25) is 9.52 Å². The lowest BCUT2D eigenvalue weighted by Crippen LogP contribution is -2.16. The van der Waals surface area contributed by atoms with Crippen molar-refractivity contribution >= 4 is 49.6 Å². The molecule has 0 atom stereocenters. The average Bonchev–Trinajstić information content (AvgIpc) is 2.95. The third-order valence-corrected chi connectivity index (χ3v) is 6.09. The van der Waals surface area contributed by atoms with Gasteiger partial charge in [0.05, 0.1) is 5.56 Å². The maximum absolute atomic E-state index is 12.1. The number of anilines is 1. The number of hydrogen-bond donors (Lipinski definition) is 3. The van der Waals surface area contributed by atoms with Crippen molar-refractivity contribution in [3.8, 4) is 0 Å². The highest BCUT2D eigenvalue weighted by Crippen LogP contribution is 2.28. The summed E-state index contributed by atoms with van der Waals surface area (Å²) in [4.78, 5) is 21.8. The van der Waals surface area contributed by atoms with Crippen LogP contribution in [0, 0.1) is 0 Å². The Labute approximate surface area is 121 Å². The van der Waals surface area contributed by atoms with Crippen molar-refractivity contribution in [2.75, 3.05) is 4.72 Å². The van der Waals surface area contributed by atoms with E-state index in [4.69, 9.17) is 10.8 Å². The first-order chi connectivity index (χ1) is 9.31. The van der Waals surface area contributed by atoms with E-state index in [9.17, 15) is 18.0 Å². The molecular formula is C10H8N2O5S3. The highest BCUT2D eigenvalue weighted by Gasteiger charge is 2.22. The number of carbonyl (C=O) groups excluding carboxylic acids is 1. The monoisotopic (exact) mass is 332 g/mol. The van der Waals surface area contributed by atoms with Crippen LogP contribution in [-0.4, -0.2) is 25.4 Å². The molecule has 0 aliphatic carbocycles. The minimum absolute atomic E-state index is 0.0635. The summed E-state index contributed by atoms with van der Waals surface area (Å²) in [5.41, 5.74) is 5.18. The molecule has 2 heterocycles. The van der Waals surface area contributed by atoms with Gasteiger partial charge in [-0.05, 0) is 23.6 Å². The Morgan fingerprint density at radius 2 is 1.95 bits per heavy atom. The van der Waals surface area contributed by atoms with E-state index in [1.165, 1.54) is 23.6 Å². The molecule has 0 saturated heterocycles. The Morgan fingerprint density at radius 3 is 2.50 bits per heavy atom. The fourth-order valence-corrected chi connectivity index (χ4v) is 4.60. The molecule has 7 nitrogen and oxygen atoms in total. The second kappa shape index (κ2) is 5.23. The molecule has 0 radical (unpaired) electrons. The molecule has 0 aliphatic rings. The van der Waals surface area contributed by atoms with Gasteiger partial charge in [0, 0.05) is 0 Å². The average molecular weight is 332 g/mol. The van der Waals surface area contributed by atoms with Gasteiger partial charge in [-0.1, -0.05) is 0 Å². The molecule has 2 rings (SSSR count). The van der Waals surface area contributed by atoms with Gasteiger partial charge in [0.1, 0.15) is 14.1 Å². The quantitative estimate of drug-likeness (QED) is 0.763. The number of nitrogens with two attached hydrogens (primary N) is 1. The number of carbonyl (C=O) groups is 2. The number of nitrogens with one attached hydrogen (secondary N) is 1. The number of carboxylic acid groups (broad SMARTS) is 1. The molecule has 2 aromatic rings. The fraction of sp³-hybridized carbons (Fsp3) is 0. The molecule has 0 fully saturated rings. The molecule has 10 heteroatoms. The number of hydrogen-bond acceptors (Lipinski definition) is 6. The number of carboxylic acids is 1. The van der Waals surface area contributed by atoms with Crippen molar-refractivity contribution in [1.82, 2.24) is 0 Å². The predicted molar refractivity (Wildman–Crippen MR) is 74.9 cm³/mol. The van der Waals surface area contributed by atoms with E-state index in [1.807, 2.05) is 0 Å². The number of primary amides is 1. The maximum Gasteiger partial charge on any atom is 0.345 e. The Bertz CT molecular complexity index is 774. The first kappa shape index (κ1) is 14.5. The largest absolute Gasteiger partial charge is 0.477 e. The summed E-state index contributed by atoms with van der Waals surface area (Å²) in [7, 11) is -3.94. The van der Waals surface area contributed by atoms with Crippen LogP contribution in [0.15, 0.2) is 27.8 Å². The molecule has 0 aromatic carbocycles. The van der Waals surface area contributed by atoms with Gasteiger partial charge in [0.25, 0.3) is 15.9 Å². The molecule has 0 aliphatic heterocycles. The van der Waals surface area contributed by atoms with Crippen molar-refractivity contribution in [2.24, 2.45) is 5.73 Å². The molecule has 2 aromatic heterocycles. The topological polar surface area (TPSA) is 127 Å². The van der Waals surface area contributed by atoms with Crippen LogP contribution in [-0.2, 0) is 10.0 Å². The summed E-state index contributed by atoms with van der Waals surface area (Å²) in [5, 5.41) is 10.4. The van der Waals surface area contributed by atoms with E-state index in [0.717, 1.165) is 11.3 Å². The van der Waals surface area contributed by atoms with Crippen molar-refractivity contribution in [1.29, 1.82) is 0 Å². The van der Waals surface area contributed by atoms with E-state index >= 15 is 0 Å². The zero-order chi connectivity index (χ0) is 14.9. The van der Waals surface area contributed by atoms with Crippen molar-refractivity contribution in [3.63, 3.8) is 0 Å². The smallest absolute Gasteiger partial charge is 0.345 e. The Kier molecular flexibility index (Phi) is 3.79. The molecule has 20 heavy (non-hydrogen) atoms. The van der Waals surface area contributed by atoms with Gasteiger partial charge >= 0.3 is 5.97 Å². The van der Waals surface area contributed by atoms with Crippen LogP contribution in [0.4, 0.5) is 5.00 Å². The van der Waals surface area contributed by atoms with Gasteiger partial charge < -0.3 is 10.8 Å². The summed E-state index contributed by atoms with van der Waals surface area (Å²) in [6, 6.07) is 3.79. The molecule has 0 spiro atoms. The maximum atomic E-state index is 12.1. The number of amides is 1. The summed E-state index contributed by atoms with van der Waals surface area (Å²) < 4.78 is 26.2. The van der Waals surface area contributed by atoms with Gasteiger partial charge in [-0.25, -0.2) is 13.2 Å². The first-order valence-corrected chi connectivity index (χ1v) is 8.22. The van der Waals surface area contributed by atoms with Crippen molar-refractivity contribution in [2.45, 2.75) is 4.21 Å². The Hall–Kier alpha value is -1.91. The first-order valence-electron chi connectivity index (χ1n) is 5.04. The summed E-state index contributed by atoms with van der Waals surface area (Å²) >= 11 is 1.63. The second-order valence-corrected chi connectivity index (χ2v) is 7.47. The van der Waals surface area contributed by atoms with Crippen LogP contribution >= 0.6 is 22.7 Å². The van der Waals surface area contributed by atoms with Crippen LogP contribution in [0.1, 0.15) is 20.0 Å². The third-order valence-electron chi connectivity index (χ3n) is 2.21. The highest BCUT2D eigenvalue weighted by atomic mass is 32.2.